The molecule has 2 N–H and O–H groups in total. The van der Waals surface area contributed by atoms with E-state index in [2.05, 4.69) is 11.2 Å². The van der Waals surface area contributed by atoms with Gasteiger partial charge in [0.25, 0.3) is 0 Å². The quantitative estimate of drug-likeness (QED) is 0.762. The number of aromatic carboxylic acids is 1. The zero-order chi connectivity index (χ0) is 12.2. The first kappa shape index (κ1) is 12.1. The molecule has 3 heteroatoms. The Morgan fingerprint density at radius 3 is 2.69 bits per heavy atom. The van der Waals surface area contributed by atoms with Crippen LogP contribution in [0.25, 0.3) is 0 Å². The van der Waals surface area contributed by atoms with E-state index in [0.29, 0.717) is 5.69 Å². The Bertz CT molecular complexity index is 434. The van der Waals surface area contributed by atoms with Crippen molar-refractivity contribution < 1.29 is 9.90 Å². The summed E-state index contributed by atoms with van der Waals surface area (Å²) >= 11 is 0. The van der Waals surface area contributed by atoms with Crippen molar-refractivity contribution in [3.05, 3.63) is 29.8 Å². The van der Waals surface area contributed by atoms with Gasteiger partial charge in [0.1, 0.15) is 0 Å². The van der Waals surface area contributed by atoms with Crippen molar-refractivity contribution in [2.75, 3.05) is 5.32 Å². The predicted octanol–water partition coefficient (Wildman–Crippen LogP) is 2.60. The SMILES string of the molecule is C#CC(C)(CC)Nc1ccccc1C(=O)O. The van der Waals surface area contributed by atoms with E-state index in [4.69, 9.17) is 11.5 Å². The van der Waals surface area contributed by atoms with Crippen LogP contribution in [-0.2, 0) is 0 Å². The number of carbonyl (C=O) groups is 1. The second-order valence-corrected chi connectivity index (χ2v) is 3.81. The van der Waals surface area contributed by atoms with E-state index in [0.717, 1.165) is 6.42 Å². The van der Waals surface area contributed by atoms with Crippen LogP contribution in [-0.4, -0.2) is 16.6 Å². The molecule has 0 spiro atoms. The molecule has 1 rings (SSSR count). The van der Waals surface area contributed by atoms with Crippen molar-refractivity contribution in [1.29, 1.82) is 0 Å². The number of terminal acetylenes is 1. The second-order valence-electron chi connectivity index (χ2n) is 3.81. The van der Waals surface area contributed by atoms with Crippen LogP contribution in [0.15, 0.2) is 24.3 Å². The van der Waals surface area contributed by atoms with Gasteiger partial charge in [-0.25, -0.2) is 4.79 Å². The maximum Gasteiger partial charge on any atom is 0.337 e. The van der Waals surface area contributed by atoms with Gasteiger partial charge in [-0.15, -0.1) is 6.42 Å². The van der Waals surface area contributed by atoms with Crippen LogP contribution in [0.1, 0.15) is 30.6 Å². The monoisotopic (exact) mass is 217 g/mol. The molecular formula is C13H15NO2. The molecule has 0 saturated heterocycles. The molecule has 0 aliphatic rings. The van der Waals surface area contributed by atoms with Crippen molar-refractivity contribution in [3.63, 3.8) is 0 Å². The van der Waals surface area contributed by atoms with E-state index in [1.807, 2.05) is 13.8 Å². The Balaban J connectivity index is 3.07. The zero-order valence-corrected chi connectivity index (χ0v) is 9.45. The molecular weight excluding hydrogens is 202 g/mol. The number of carboxylic acids is 1. The molecule has 3 nitrogen and oxygen atoms in total. The van der Waals surface area contributed by atoms with E-state index >= 15 is 0 Å². The first-order chi connectivity index (χ1) is 7.52. The molecule has 0 aliphatic heterocycles. The molecule has 0 radical (unpaired) electrons. The summed E-state index contributed by atoms with van der Waals surface area (Å²) in [7, 11) is 0. The van der Waals surface area contributed by atoms with Crippen LogP contribution in [0.3, 0.4) is 0 Å². The van der Waals surface area contributed by atoms with Gasteiger partial charge in [-0.2, -0.15) is 0 Å². The van der Waals surface area contributed by atoms with Gasteiger partial charge in [-0.3, -0.25) is 0 Å². The van der Waals surface area contributed by atoms with E-state index in [1.54, 1.807) is 24.3 Å². The maximum absolute atomic E-state index is 11.0. The average molecular weight is 217 g/mol. The van der Waals surface area contributed by atoms with Gasteiger partial charge in [-0.05, 0) is 25.5 Å². The van der Waals surface area contributed by atoms with Gasteiger partial charge in [0.05, 0.1) is 11.1 Å². The first-order valence-electron chi connectivity index (χ1n) is 5.10. The Hall–Kier alpha value is -1.95. The highest BCUT2D eigenvalue weighted by molar-refractivity contribution is 5.94. The molecule has 0 amide bonds. The van der Waals surface area contributed by atoms with E-state index in [-0.39, 0.29) is 5.56 Å². The fourth-order valence-electron chi connectivity index (χ4n) is 1.30. The highest BCUT2D eigenvalue weighted by atomic mass is 16.4. The lowest BCUT2D eigenvalue weighted by Crippen LogP contribution is -2.32. The van der Waals surface area contributed by atoms with Gasteiger partial charge in [-0.1, -0.05) is 25.0 Å². The summed E-state index contributed by atoms with van der Waals surface area (Å²) in [6.07, 6.45) is 6.15. The number of nitrogens with one attached hydrogen (secondary N) is 1. The number of anilines is 1. The van der Waals surface area contributed by atoms with Gasteiger partial charge in [0.15, 0.2) is 0 Å². The molecule has 1 atom stereocenters. The van der Waals surface area contributed by atoms with Gasteiger partial charge >= 0.3 is 5.97 Å². The van der Waals surface area contributed by atoms with Crippen LogP contribution in [0.5, 0.6) is 0 Å². The molecule has 0 saturated carbocycles. The lowest BCUT2D eigenvalue weighted by atomic mass is 9.99. The molecule has 84 valence electrons. The van der Waals surface area contributed by atoms with E-state index in [1.165, 1.54) is 0 Å². The molecule has 0 heterocycles. The fourth-order valence-corrected chi connectivity index (χ4v) is 1.30. The Morgan fingerprint density at radius 1 is 1.56 bits per heavy atom. The standard InChI is InChI=1S/C13H15NO2/c1-4-13(3,5-2)14-11-9-7-6-8-10(11)12(15)16/h1,6-9,14H,5H2,2-3H3,(H,15,16). The van der Waals surface area contributed by atoms with Gasteiger partial charge in [0.2, 0.25) is 0 Å². The lowest BCUT2D eigenvalue weighted by Gasteiger charge is -2.25. The first-order valence-corrected chi connectivity index (χ1v) is 5.10. The average Bonchev–Trinajstić information content (AvgIpc) is 2.29. The van der Waals surface area contributed by atoms with Crippen molar-refractivity contribution in [1.82, 2.24) is 0 Å². The van der Waals surface area contributed by atoms with Gasteiger partial charge in [0, 0.05) is 5.69 Å². The minimum absolute atomic E-state index is 0.234. The van der Waals surface area contributed by atoms with Gasteiger partial charge < -0.3 is 10.4 Å². The molecule has 0 aliphatic carbocycles. The van der Waals surface area contributed by atoms with Crippen molar-refractivity contribution >= 4 is 11.7 Å². The largest absolute Gasteiger partial charge is 0.478 e. The minimum Gasteiger partial charge on any atom is -0.478 e. The van der Waals surface area contributed by atoms with Crippen LogP contribution >= 0.6 is 0 Å². The smallest absolute Gasteiger partial charge is 0.337 e. The minimum atomic E-state index is -0.960. The maximum atomic E-state index is 11.0. The summed E-state index contributed by atoms with van der Waals surface area (Å²) in [5, 5.41) is 12.1. The molecule has 1 aromatic carbocycles. The number of benzene rings is 1. The summed E-state index contributed by atoms with van der Waals surface area (Å²) in [5.74, 6) is 1.68. The Labute approximate surface area is 95.5 Å². The summed E-state index contributed by atoms with van der Waals surface area (Å²) in [4.78, 5) is 11.0. The van der Waals surface area contributed by atoms with Crippen LogP contribution in [0, 0.1) is 12.3 Å². The highest BCUT2D eigenvalue weighted by Gasteiger charge is 2.20. The third-order valence-electron chi connectivity index (χ3n) is 2.59. The topological polar surface area (TPSA) is 49.3 Å². The zero-order valence-electron chi connectivity index (χ0n) is 9.45. The van der Waals surface area contributed by atoms with Crippen molar-refractivity contribution in [3.8, 4) is 12.3 Å². The van der Waals surface area contributed by atoms with Crippen LogP contribution in [0.4, 0.5) is 5.69 Å². The molecule has 0 fully saturated rings. The fraction of sp³-hybridized carbons (Fsp3) is 0.308. The molecule has 16 heavy (non-hydrogen) atoms. The summed E-state index contributed by atoms with van der Waals surface area (Å²) < 4.78 is 0. The number of hydrogen-bond donors (Lipinski definition) is 2. The summed E-state index contributed by atoms with van der Waals surface area (Å²) in [5.41, 5.74) is 0.265. The highest BCUT2D eigenvalue weighted by Crippen LogP contribution is 2.21. The number of para-hydroxylation sites is 1. The predicted molar refractivity (Wildman–Crippen MR) is 64.6 cm³/mol. The molecule has 1 aromatic rings. The van der Waals surface area contributed by atoms with Crippen molar-refractivity contribution in [2.45, 2.75) is 25.8 Å². The van der Waals surface area contributed by atoms with Crippen LogP contribution < -0.4 is 5.32 Å². The second kappa shape index (κ2) is 4.71. The molecule has 0 aromatic heterocycles. The van der Waals surface area contributed by atoms with Crippen molar-refractivity contribution in [2.24, 2.45) is 0 Å². The molecule has 0 bridgehead atoms. The number of carboxylic acid groups (broad SMARTS) is 1. The summed E-state index contributed by atoms with van der Waals surface area (Å²) in [6.45, 7) is 3.82. The Kier molecular flexibility index (Phi) is 3.57. The normalized spacial score (nSPS) is 13.6. The van der Waals surface area contributed by atoms with Crippen LogP contribution in [0.2, 0.25) is 0 Å². The number of rotatable bonds is 4. The van der Waals surface area contributed by atoms with E-state index < -0.39 is 11.5 Å². The summed E-state index contributed by atoms with van der Waals surface area (Å²) in [6, 6.07) is 6.74. The van der Waals surface area contributed by atoms with E-state index in [9.17, 15) is 4.79 Å². The third kappa shape index (κ3) is 2.54. The third-order valence-corrected chi connectivity index (χ3v) is 2.59. The lowest BCUT2D eigenvalue weighted by molar-refractivity contribution is 0.0698. The Morgan fingerprint density at radius 2 is 2.19 bits per heavy atom. The molecule has 1 unspecified atom stereocenters. The number of hydrogen-bond acceptors (Lipinski definition) is 2.